The van der Waals surface area contributed by atoms with Crippen molar-refractivity contribution in [2.45, 2.75) is 19.0 Å². The van der Waals surface area contributed by atoms with Crippen LogP contribution in [-0.2, 0) is 4.79 Å². The van der Waals surface area contributed by atoms with Crippen molar-refractivity contribution in [1.82, 2.24) is 9.80 Å². The molecule has 1 rings (SSSR count). The van der Waals surface area contributed by atoms with E-state index in [0.717, 1.165) is 6.42 Å². The van der Waals surface area contributed by atoms with Gasteiger partial charge in [-0.3, -0.25) is 0 Å². The van der Waals surface area contributed by atoms with E-state index in [9.17, 15) is 4.79 Å². The molecule has 5 heteroatoms. The lowest BCUT2D eigenvalue weighted by molar-refractivity contribution is -0.133. The molecule has 0 radical (unpaired) electrons. The van der Waals surface area contributed by atoms with Crippen LogP contribution in [0.15, 0.2) is 24.6 Å². The third kappa shape index (κ3) is 2.54. The first kappa shape index (κ1) is 12.1. The quantitative estimate of drug-likeness (QED) is 0.553. The fourth-order valence-electron chi connectivity index (χ4n) is 1.68. The highest BCUT2D eigenvalue weighted by molar-refractivity contribution is 5.87. The van der Waals surface area contributed by atoms with Crippen molar-refractivity contribution in [3.05, 3.63) is 24.6 Å². The van der Waals surface area contributed by atoms with Gasteiger partial charge < -0.3 is 14.9 Å². The fraction of sp³-hybridized carbons (Fsp3) is 0.455. The van der Waals surface area contributed by atoms with E-state index in [4.69, 9.17) is 10.4 Å². The van der Waals surface area contributed by atoms with Gasteiger partial charge in [0.2, 0.25) is 0 Å². The van der Waals surface area contributed by atoms with Gasteiger partial charge >= 0.3 is 5.97 Å². The number of unbranched alkanes of at least 4 members (excludes halogenated alkanes) is 1. The molecule has 0 aromatic carbocycles. The molecule has 1 heterocycles. The summed E-state index contributed by atoms with van der Waals surface area (Å²) < 4.78 is 0. The summed E-state index contributed by atoms with van der Waals surface area (Å²) >= 11 is 0. The van der Waals surface area contributed by atoms with Gasteiger partial charge in [-0.1, -0.05) is 6.58 Å². The molecular weight excluding hydrogens is 206 g/mol. The molecule has 0 aromatic heterocycles. The second kappa shape index (κ2) is 5.21. The van der Waals surface area contributed by atoms with Crippen LogP contribution in [0.5, 0.6) is 0 Å². The van der Waals surface area contributed by atoms with E-state index in [1.165, 1.54) is 0 Å². The Balaban J connectivity index is 2.63. The van der Waals surface area contributed by atoms with Gasteiger partial charge in [0.25, 0.3) is 0 Å². The minimum absolute atomic E-state index is 0.143. The Morgan fingerprint density at radius 2 is 2.31 bits per heavy atom. The van der Waals surface area contributed by atoms with Gasteiger partial charge in [-0.15, -0.1) is 0 Å². The smallest absolute Gasteiger partial charge is 0.334 e. The molecule has 16 heavy (non-hydrogen) atoms. The molecular formula is C11H15N3O2. The van der Waals surface area contributed by atoms with Crippen LogP contribution in [0.2, 0.25) is 0 Å². The Labute approximate surface area is 94.9 Å². The highest BCUT2D eigenvalue weighted by atomic mass is 16.4. The molecule has 0 saturated carbocycles. The molecule has 1 N–H and O–H groups in total. The first-order valence-electron chi connectivity index (χ1n) is 5.03. The van der Waals surface area contributed by atoms with Crippen LogP contribution in [0.3, 0.4) is 0 Å². The average molecular weight is 221 g/mol. The number of hydrogen-bond acceptors (Lipinski definition) is 4. The normalized spacial score (nSPS) is 18.6. The van der Waals surface area contributed by atoms with Gasteiger partial charge in [-0.25, -0.2) is 4.79 Å². The lowest BCUT2D eigenvalue weighted by Crippen LogP contribution is -2.40. The monoisotopic (exact) mass is 221 g/mol. The summed E-state index contributed by atoms with van der Waals surface area (Å²) in [6.07, 6.45) is 4.50. The van der Waals surface area contributed by atoms with Gasteiger partial charge in [-0.2, -0.15) is 5.26 Å². The van der Waals surface area contributed by atoms with Gasteiger partial charge in [0.15, 0.2) is 0 Å². The second-order valence-electron chi connectivity index (χ2n) is 3.67. The molecule has 0 aliphatic carbocycles. The number of nitriles is 1. The maximum Gasteiger partial charge on any atom is 0.334 e. The van der Waals surface area contributed by atoms with Crippen molar-refractivity contribution in [3.8, 4) is 6.07 Å². The number of carboxylic acids is 1. The highest BCUT2D eigenvalue weighted by Crippen LogP contribution is 2.20. The maximum absolute atomic E-state index is 10.9. The zero-order valence-corrected chi connectivity index (χ0v) is 9.26. The summed E-state index contributed by atoms with van der Waals surface area (Å²) in [6.45, 7) is 4.24. The minimum Gasteiger partial charge on any atom is -0.478 e. The Morgan fingerprint density at radius 3 is 2.88 bits per heavy atom. The number of carbonyl (C=O) groups is 1. The van der Waals surface area contributed by atoms with Crippen molar-refractivity contribution in [2.24, 2.45) is 0 Å². The van der Waals surface area contributed by atoms with Crippen LogP contribution in [0.4, 0.5) is 0 Å². The Kier molecular flexibility index (Phi) is 3.95. The number of nitrogens with zero attached hydrogens (tertiary/aromatic N) is 3. The third-order valence-corrected chi connectivity index (χ3v) is 2.48. The topological polar surface area (TPSA) is 67.6 Å². The Hall–Kier alpha value is -1.96. The van der Waals surface area contributed by atoms with Gasteiger partial charge in [0.1, 0.15) is 6.17 Å². The molecule has 0 saturated heterocycles. The molecule has 0 amide bonds. The molecule has 1 aliphatic heterocycles. The summed E-state index contributed by atoms with van der Waals surface area (Å²) in [6, 6.07) is 2.07. The standard InChI is InChI=1S/C11H15N3O2/c1-9(11(15)16)10-13(2)7-8-14(10)6-4-3-5-12/h7-8,10H,1,3-4,6H2,2H3,(H,15,16). The van der Waals surface area contributed by atoms with Crippen LogP contribution >= 0.6 is 0 Å². The van der Waals surface area contributed by atoms with E-state index in [-0.39, 0.29) is 11.7 Å². The molecule has 0 aromatic rings. The third-order valence-electron chi connectivity index (χ3n) is 2.48. The van der Waals surface area contributed by atoms with Gasteiger partial charge in [-0.05, 0) is 6.42 Å². The molecule has 1 atom stereocenters. The van der Waals surface area contributed by atoms with E-state index in [2.05, 4.69) is 12.6 Å². The summed E-state index contributed by atoms with van der Waals surface area (Å²) in [5, 5.41) is 17.4. The second-order valence-corrected chi connectivity index (χ2v) is 3.67. The molecule has 0 spiro atoms. The zero-order chi connectivity index (χ0) is 12.1. The van der Waals surface area contributed by atoms with Crippen LogP contribution < -0.4 is 0 Å². The first-order valence-corrected chi connectivity index (χ1v) is 5.03. The lowest BCUT2D eigenvalue weighted by Gasteiger charge is -2.30. The summed E-state index contributed by atoms with van der Waals surface area (Å²) in [7, 11) is 1.81. The van der Waals surface area contributed by atoms with Gasteiger partial charge in [0, 0.05) is 32.4 Å². The minimum atomic E-state index is -0.995. The van der Waals surface area contributed by atoms with Crippen molar-refractivity contribution in [2.75, 3.05) is 13.6 Å². The summed E-state index contributed by atoms with van der Waals surface area (Å²) in [5.74, 6) is -0.995. The Bertz CT molecular complexity index is 357. The number of likely N-dealkylation sites (N-methyl/N-ethyl adjacent to an activating group) is 1. The van der Waals surface area contributed by atoms with Gasteiger partial charge in [0.05, 0.1) is 11.6 Å². The molecule has 1 aliphatic rings. The summed E-state index contributed by atoms with van der Waals surface area (Å²) in [5.41, 5.74) is 0.143. The molecule has 0 bridgehead atoms. The highest BCUT2D eigenvalue weighted by Gasteiger charge is 2.29. The SMILES string of the molecule is C=C(C(=O)O)C1N(C)C=CN1CCCC#N. The predicted molar refractivity (Wildman–Crippen MR) is 59.0 cm³/mol. The number of rotatable bonds is 5. The largest absolute Gasteiger partial charge is 0.478 e. The summed E-state index contributed by atoms with van der Waals surface area (Å²) in [4.78, 5) is 14.6. The van der Waals surface area contributed by atoms with Crippen LogP contribution in [0.1, 0.15) is 12.8 Å². The Morgan fingerprint density at radius 1 is 1.62 bits per heavy atom. The zero-order valence-electron chi connectivity index (χ0n) is 9.26. The van der Waals surface area contributed by atoms with Crippen LogP contribution in [0.25, 0.3) is 0 Å². The molecule has 1 unspecified atom stereocenters. The van der Waals surface area contributed by atoms with E-state index >= 15 is 0 Å². The lowest BCUT2D eigenvalue weighted by atomic mass is 10.2. The molecule has 86 valence electrons. The first-order chi connectivity index (χ1) is 7.57. The molecule has 5 nitrogen and oxygen atoms in total. The van der Waals surface area contributed by atoms with Crippen molar-refractivity contribution >= 4 is 5.97 Å². The van der Waals surface area contributed by atoms with Crippen molar-refractivity contribution < 1.29 is 9.90 Å². The predicted octanol–water partition coefficient (Wildman–Crippen LogP) is 0.976. The average Bonchev–Trinajstić information content (AvgIpc) is 2.59. The number of aliphatic carboxylic acids is 1. The van der Waals surface area contributed by atoms with E-state index in [1.54, 1.807) is 11.9 Å². The van der Waals surface area contributed by atoms with Crippen LogP contribution in [0, 0.1) is 11.3 Å². The fourth-order valence-corrected chi connectivity index (χ4v) is 1.68. The maximum atomic E-state index is 10.9. The van der Waals surface area contributed by atoms with Crippen molar-refractivity contribution in [1.29, 1.82) is 5.26 Å². The van der Waals surface area contributed by atoms with Crippen LogP contribution in [-0.4, -0.2) is 40.6 Å². The van der Waals surface area contributed by atoms with E-state index < -0.39 is 5.97 Å². The molecule has 0 fully saturated rings. The number of hydrogen-bond donors (Lipinski definition) is 1. The van der Waals surface area contributed by atoms with Crippen molar-refractivity contribution in [3.63, 3.8) is 0 Å². The number of carboxylic acid groups (broad SMARTS) is 1. The van der Waals surface area contributed by atoms with E-state index in [1.807, 2.05) is 17.3 Å². The van der Waals surface area contributed by atoms with E-state index in [0.29, 0.717) is 13.0 Å².